The molecule has 3 aromatic carbocycles. The number of halogens is 10. The zero-order valence-electron chi connectivity index (χ0n) is 18.3. The van der Waals surface area contributed by atoms with Gasteiger partial charge in [0, 0.05) is 23.3 Å². The van der Waals surface area contributed by atoms with E-state index >= 15 is 0 Å². The van der Waals surface area contributed by atoms with Crippen molar-refractivity contribution in [2.24, 2.45) is 0 Å². The molecule has 0 unspecified atom stereocenters. The van der Waals surface area contributed by atoms with Crippen molar-refractivity contribution >= 4 is 6.08 Å². The van der Waals surface area contributed by atoms with Crippen LogP contribution in [-0.2, 0) is 12.5 Å². The molecule has 0 bridgehead atoms. The molecule has 0 radical (unpaired) electrons. The van der Waals surface area contributed by atoms with E-state index in [1.165, 1.54) is 0 Å². The Bertz CT molecular complexity index is 1270. The largest absolute Gasteiger partial charge is 0.429 e. The summed E-state index contributed by atoms with van der Waals surface area (Å²) in [5, 5.41) is 0. The van der Waals surface area contributed by atoms with E-state index in [2.05, 4.69) is 4.74 Å². The van der Waals surface area contributed by atoms with Gasteiger partial charge in [0.05, 0.1) is 0 Å². The summed E-state index contributed by atoms with van der Waals surface area (Å²) in [6.07, 6.45) is -8.90. The molecular formula is C25H16F10O. The smallest absolute Gasteiger partial charge is 0.429 e. The van der Waals surface area contributed by atoms with Crippen LogP contribution in [0.25, 0.3) is 17.2 Å². The second kappa shape index (κ2) is 10.2. The lowest BCUT2D eigenvalue weighted by atomic mass is 10.0. The Hall–Kier alpha value is -3.50. The normalized spacial score (nSPS) is 12.4. The highest BCUT2D eigenvalue weighted by Gasteiger charge is 2.39. The predicted molar refractivity (Wildman–Crippen MR) is 112 cm³/mol. The number of benzene rings is 3. The number of aryl methyl sites for hydroxylation is 1. The Morgan fingerprint density at radius 3 is 1.97 bits per heavy atom. The van der Waals surface area contributed by atoms with Crippen LogP contribution in [-0.4, -0.2) is 6.18 Å². The average molecular weight is 522 g/mol. The molecule has 0 aromatic heterocycles. The first-order valence-corrected chi connectivity index (χ1v) is 10.3. The van der Waals surface area contributed by atoms with Crippen molar-refractivity contribution in [1.82, 2.24) is 0 Å². The maximum absolute atomic E-state index is 14.6. The highest BCUT2D eigenvalue weighted by molar-refractivity contribution is 5.68. The molecule has 0 aliphatic rings. The summed E-state index contributed by atoms with van der Waals surface area (Å²) in [5.41, 5.74) is -3.48. The van der Waals surface area contributed by atoms with Crippen molar-refractivity contribution in [3.63, 3.8) is 0 Å². The molecule has 3 aromatic rings. The number of ether oxygens (including phenoxy) is 1. The van der Waals surface area contributed by atoms with Crippen molar-refractivity contribution in [2.75, 3.05) is 0 Å². The summed E-state index contributed by atoms with van der Waals surface area (Å²) in [6, 6.07) is 4.78. The summed E-state index contributed by atoms with van der Waals surface area (Å²) in [4.78, 5) is 0. The minimum Gasteiger partial charge on any atom is -0.429 e. The molecule has 0 saturated carbocycles. The molecule has 0 atom stereocenters. The highest BCUT2D eigenvalue weighted by atomic mass is 19.4. The van der Waals surface area contributed by atoms with Gasteiger partial charge < -0.3 is 4.74 Å². The fraction of sp³-hybridized carbons (Fsp3) is 0.200. The third-order valence-electron chi connectivity index (χ3n) is 5.01. The molecule has 0 amide bonds. The third-order valence-corrected chi connectivity index (χ3v) is 5.01. The van der Waals surface area contributed by atoms with Gasteiger partial charge in [-0.1, -0.05) is 19.4 Å². The van der Waals surface area contributed by atoms with E-state index in [1.807, 2.05) is 0 Å². The van der Waals surface area contributed by atoms with E-state index in [4.69, 9.17) is 0 Å². The van der Waals surface area contributed by atoms with Gasteiger partial charge in [-0.3, -0.25) is 0 Å². The zero-order chi connectivity index (χ0) is 26.8. The predicted octanol–water partition coefficient (Wildman–Crippen LogP) is 8.71. The summed E-state index contributed by atoms with van der Waals surface area (Å²) < 4.78 is 141. The topological polar surface area (TPSA) is 9.23 Å². The van der Waals surface area contributed by atoms with Crippen LogP contribution in [0.5, 0.6) is 5.75 Å². The van der Waals surface area contributed by atoms with Crippen LogP contribution in [0.4, 0.5) is 43.9 Å². The van der Waals surface area contributed by atoms with E-state index < -0.39 is 69.4 Å². The molecular weight excluding hydrogens is 506 g/mol. The van der Waals surface area contributed by atoms with Gasteiger partial charge in [0.25, 0.3) is 0 Å². The van der Waals surface area contributed by atoms with Crippen LogP contribution in [0.2, 0.25) is 0 Å². The first kappa shape index (κ1) is 27.1. The minimum absolute atomic E-state index is 0.107. The molecule has 0 spiro atoms. The van der Waals surface area contributed by atoms with Gasteiger partial charge in [-0.2, -0.15) is 22.0 Å². The molecule has 36 heavy (non-hydrogen) atoms. The SMILES string of the molecule is CCCc1ccc(C(F)(F)Oc2ccc(-c3cc(F)c(/C=C/C(F)(F)F)c(F)c3)c(F)c2)c(F)c1F. The first-order chi connectivity index (χ1) is 16.7. The number of hydrogen-bond donors (Lipinski definition) is 0. The molecule has 1 nitrogen and oxygen atoms in total. The molecule has 0 fully saturated rings. The second-order valence-corrected chi connectivity index (χ2v) is 7.64. The Morgan fingerprint density at radius 1 is 0.778 bits per heavy atom. The monoisotopic (exact) mass is 522 g/mol. The minimum atomic E-state index is -4.83. The van der Waals surface area contributed by atoms with Gasteiger partial charge in [-0.15, -0.1) is 0 Å². The van der Waals surface area contributed by atoms with Gasteiger partial charge in [0.1, 0.15) is 28.8 Å². The van der Waals surface area contributed by atoms with Crippen molar-refractivity contribution in [3.05, 3.63) is 94.3 Å². The van der Waals surface area contributed by atoms with Crippen molar-refractivity contribution in [1.29, 1.82) is 0 Å². The number of allylic oxidation sites excluding steroid dienone is 1. The van der Waals surface area contributed by atoms with E-state index in [0.717, 1.165) is 18.2 Å². The summed E-state index contributed by atoms with van der Waals surface area (Å²) in [5.74, 6) is -8.25. The molecule has 0 heterocycles. The maximum atomic E-state index is 14.6. The van der Waals surface area contributed by atoms with E-state index in [-0.39, 0.29) is 24.1 Å². The Balaban J connectivity index is 1.89. The van der Waals surface area contributed by atoms with Crippen LogP contribution in [0.3, 0.4) is 0 Å². The number of alkyl halides is 5. The van der Waals surface area contributed by atoms with E-state index in [1.54, 1.807) is 6.92 Å². The lowest BCUT2D eigenvalue weighted by Gasteiger charge is -2.20. The molecule has 3 rings (SSSR count). The summed E-state index contributed by atoms with van der Waals surface area (Å²) in [6.45, 7) is 1.68. The fourth-order valence-electron chi connectivity index (χ4n) is 3.35. The molecule has 0 aliphatic carbocycles. The van der Waals surface area contributed by atoms with Crippen molar-refractivity contribution in [3.8, 4) is 16.9 Å². The maximum Gasteiger partial charge on any atom is 0.429 e. The molecule has 0 N–H and O–H groups in total. The lowest BCUT2D eigenvalue weighted by Crippen LogP contribution is -2.24. The molecule has 0 aliphatic heterocycles. The Kier molecular flexibility index (Phi) is 7.70. The Labute approximate surface area is 198 Å². The average Bonchev–Trinajstić information content (AvgIpc) is 2.75. The summed E-state index contributed by atoms with van der Waals surface area (Å²) >= 11 is 0. The lowest BCUT2D eigenvalue weighted by molar-refractivity contribution is -0.187. The van der Waals surface area contributed by atoms with E-state index in [9.17, 15) is 43.9 Å². The number of hydrogen-bond acceptors (Lipinski definition) is 1. The van der Waals surface area contributed by atoms with Gasteiger partial charge in [0.2, 0.25) is 0 Å². The van der Waals surface area contributed by atoms with Gasteiger partial charge in [-0.05, 0) is 54.0 Å². The van der Waals surface area contributed by atoms with Gasteiger partial charge >= 0.3 is 12.3 Å². The standard InChI is InChI=1S/C25H16F10O/c1-2-3-13-4-7-18(23(30)22(13)29)25(34,35)36-15-5-6-16(21(28)12-15)14-10-19(26)17(20(27)11-14)8-9-24(31,32)33/h4-12H,2-3H2,1H3/b9-8+. The fourth-order valence-corrected chi connectivity index (χ4v) is 3.35. The van der Waals surface area contributed by atoms with Crippen LogP contribution in [0.1, 0.15) is 30.0 Å². The third kappa shape index (κ3) is 6.00. The van der Waals surface area contributed by atoms with Crippen molar-refractivity contribution < 1.29 is 48.6 Å². The quantitative estimate of drug-likeness (QED) is 0.282. The molecule has 11 heteroatoms. The zero-order valence-corrected chi connectivity index (χ0v) is 18.3. The van der Waals surface area contributed by atoms with Crippen LogP contribution in [0.15, 0.2) is 48.5 Å². The molecule has 0 saturated heterocycles. The number of rotatable bonds is 7. The van der Waals surface area contributed by atoms with E-state index in [0.29, 0.717) is 30.7 Å². The van der Waals surface area contributed by atoms with Crippen LogP contribution < -0.4 is 4.74 Å². The van der Waals surface area contributed by atoms with Crippen LogP contribution >= 0.6 is 0 Å². The Morgan fingerprint density at radius 2 is 1.42 bits per heavy atom. The van der Waals surface area contributed by atoms with Crippen molar-refractivity contribution in [2.45, 2.75) is 32.1 Å². The second-order valence-electron chi connectivity index (χ2n) is 7.64. The van der Waals surface area contributed by atoms with Gasteiger partial charge in [-0.25, -0.2) is 22.0 Å². The van der Waals surface area contributed by atoms with Crippen LogP contribution in [0, 0.1) is 29.1 Å². The summed E-state index contributed by atoms with van der Waals surface area (Å²) in [7, 11) is 0. The molecule has 192 valence electrons. The highest BCUT2D eigenvalue weighted by Crippen LogP contribution is 2.37. The van der Waals surface area contributed by atoms with Gasteiger partial charge in [0.15, 0.2) is 11.6 Å². The first-order valence-electron chi connectivity index (χ1n) is 10.3.